The molecule has 6 heteroatoms. The summed E-state index contributed by atoms with van der Waals surface area (Å²) in [6.07, 6.45) is 2.57. The predicted octanol–water partition coefficient (Wildman–Crippen LogP) is 4.78. The Labute approximate surface area is 175 Å². The highest BCUT2D eigenvalue weighted by molar-refractivity contribution is 7.97. The number of para-hydroxylation sites is 1. The second-order valence-electron chi connectivity index (χ2n) is 6.80. The Hall–Kier alpha value is -2.70. The van der Waals surface area contributed by atoms with Crippen LogP contribution in [0, 0.1) is 0 Å². The molecule has 0 saturated heterocycles. The molecule has 4 rings (SSSR count). The van der Waals surface area contributed by atoms with Gasteiger partial charge in [0.2, 0.25) is 5.91 Å². The normalized spacial score (nSPS) is 13.0. The molecule has 29 heavy (non-hydrogen) atoms. The number of hydrogen-bond acceptors (Lipinski definition) is 5. The molecule has 1 aromatic heterocycles. The summed E-state index contributed by atoms with van der Waals surface area (Å²) in [5.74, 6) is 1.78. The minimum atomic E-state index is 0.0972. The fourth-order valence-electron chi connectivity index (χ4n) is 3.44. The molecule has 1 amide bonds. The van der Waals surface area contributed by atoms with E-state index in [2.05, 4.69) is 6.07 Å². The molecule has 0 radical (unpaired) electrons. The molecule has 0 bridgehead atoms. The van der Waals surface area contributed by atoms with E-state index in [0.717, 1.165) is 35.1 Å². The largest absolute Gasteiger partial charge is 0.494 e. The third-order valence-corrected chi connectivity index (χ3v) is 5.78. The van der Waals surface area contributed by atoms with Crippen LogP contribution in [0.25, 0.3) is 0 Å². The number of anilines is 1. The molecule has 150 valence electrons. The van der Waals surface area contributed by atoms with E-state index in [4.69, 9.17) is 9.15 Å². The van der Waals surface area contributed by atoms with Gasteiger partial charge in [0.05, 0.1) is 26.0 Å². The first-order valence-electron chi connectivity index (χ1n) is 9.79. The van der Waals surface area contributed by atoms with Crippen LogP contribution in [0.4, 0.5) is 5.69 Å². The fourth-order valence-corrected chi connectivity index (χ4v) is 4.37. The lowest BCUT2D eigenvalue weighted by molar-refractivity contribution is -0.118. The summed E-state index contributed by atoms with van der Waals surface area (Å²) in [5, 5.41) is 0. The summed E-state index contributed by atoms with van der Waals surface area (Å²) in [4.78, 5) is 16.0. The molecule has 0 unspecified atom stereocenters. The van der Waals surface area contributed by atoms with Crippen LogP contribution in [-0.4, -0.2) is 29.9 Å². The van der Waals surface area contributed by atoms with Crippen molar-refractivity contribution in [3.8, 4) is 5.75 Å². The Kier molecular flexibility index (Phi) is 6.22. The van der Waals surface area contributed by atoms with Gasteiger partial charge in [-0.25, -0.2) is 4.31 Å². The van der Waals surface area contributed by atoms with Crippen molar-refractivity contribution in [3.63, 3.8) is 0 Å². The third kappa shape index (κ3) is 4.83. The molecule has 5 nitrogen and oxygen atoms in total. The molecule has 0 N–H and O–H groups in total. The zero-order valence-electron chi connectivity index (χ0n) is 16.4. The molecule has 2 aromatic carbocycles. The number of fused-ring (bicyclic) bond motifs is 1. The first-order valence-corrected chi connectivity index (χ1v) is 10.6. The van der Waals surface area contributed by atoms with Gasteiger partial charge in [0.25, 0.3) is 0 Å². The van der Waals surface area contributed by atoms with Crippen LogP contribution in [0.3, 0.4) is 0 Å². The summed E-state index contributed by atoms with van der Waals surface area (Å²) in [6, 6.07) is 19.9. The Morgan fingerprint density at radius 1 is 1.14 bits per heavy atom. The molecule has 1 aliphatic heterocycles. The Morgan fingerprint density at radius 2 is 1.97 bits per heavy atom. The molecule has 3 aromatic rings. The lowest BCUT2D eigenvalue weighted by Gasteiger charge is -2.24. The Balaban J connectivity index is 1.47. The topological polar surface area (TPSA) is 45.9 Å². The minimum absolute atomic E-state index is 0.0972. The molecule has 1 aliphatic rings. The number of furan rings is 1. The highest BCUT2D eigenvalue weighted by Gasteiger charge is 2.26. The van der Waals surface area contributed by atoms with Gasteiger partial charge in [0, 0.05) is 17.1 Å². The first-order chi connectivity index (χ1) is 14.2. The van der Waals surface area contributed by atoms with Gasteiger partial charge in [-0.3, -0.25) is 4.79 Å². The van der Waals surface area contributed by atoms with Gasteiger partial charge in [0.15, 0.2) is 0 Å². The van der Waals surface area contributed by atoms with Gasteiger partial charge < -0.3 is 14.1 Å². The standard InChI is InChI=1S/C23H24N2O3S/c1-2-27-19-9-11-21(12-10-19)29-24(16-20-7-5-15-28-20)17-23(26)25-14-13-18-6-3-4-8-22(18)25/h3-12,15H,2,13-14,16-17H2,1H3. The molecular weight excluding hydrogens is 384 g/mol. The lowest BCUT2D eigenvalue weighted by atomic mass is 10.2. The minimum Gasteiger partial charge on any atom is -0.494 e. The first kappa shape index (κ1) is 19.6. The average molecular weight is 409 g/mol. The molecular formula is C23H24N2O3S. The molecule has 0 fully saturated rings. The maximum absolute atomic E-state index is 13.1. The number of nitrogens with zero attached hydrogens (tertiary/aromatic N) is 2. The summed E-state index contributed by atoms with van der Waals surface area (Å²) >= 11 is 1.55. The van der Waals surface area contributed by atoms with E-state index in [1.807, 2.05) is 70.7 Å². The van der Waals surface area contributed by atoms with E-state index >= 15 is 0 Å². The van der Waals surface area contributed by atoms with Crippen LogP contribution >= 0.6 is 11.9 Å². The van der Waals surface area contributed by atoms with Crippen molar-refractivity contribution < 1.29 is 13.9 Å². The van der Waals surface area contributed by atoms with Gasteiger partial charge in [-0.2, -0.15) is 0 Å². The number of rotatable bonds is 8. The third-order valence-electron chi connectivity index (χ3n) is 4.78. The quantitative estimate of drug-likeness (QED) is 0.502. The van der Waals surface area contributed by atoms with Gasteiger partial charge >= 0.3 is 0 Å². The lowest BCUT2D eigenvalue weighted by Crippen LogP contribution is -2.37. The van der Waals surface area contributed by atoms with Gasteiger partial charge in [-0.15, -0.1) is 0 Å². The summed E-state index contributed by atoms with van der Waals surface area (Å²) < 4.78 is 13.1. The van der Waals surface area contributed by atoms with Crippen molar-refractivity contribution in [1.29, 1.82) is 0 Å². The maximum atomic E-state index is 13.1. The van der Waals surface area contributed by atoms with Gasteiger partial charge in [0.1, 0.15) is 11.5 Å². The van der Waals surface area contributed by atoms with Crippen molar-refractivity contribution >= 4 is 23.5 Å². The number of amides is 1. The van der Waals surface area contributed by atoms with E-state index in [1.165, 1.54) is 5.56 Å². The number of carbonyl (C=O) groups is 1. The molecule has 0 saturated carbocycles. The van der Waals surface area contributed by atoms with Crippen LogP contribution in [0.15, 0.2) is 76.2 Å². The van der Waals surface area contributed by atoms with Gasteiger partial charge in [-0.1, -0.05) is 18.2 Å². The van der Waals surface area contributed by atoms with Crippen molar-refractivity contribution in [2.75, 3.05) is 24.6 Å². The van der Waals surface area contributed by atoms with E-state index in [9.17, 15) is 4.79 Å². The van der Waals surface area contributed by atoms with Crippen LogP contribution in [0.2, 0.25) is 0 Å². The summed E-state index contributed by atoms with van der Waals surface area (Å²) in [7, 11) is 0. The SMILES string of the molecule is CCOc1ccc(SN(CC(=O)N2CCc3ccccc32)Cc2ccco2)cc1. The highest BCUT2D eigenvalue weighted by atomic mass is 32.2. The number of carbonyl (C=O) groups excluding carboxylic acids is 1. The number of benzene rings is 2. The van der Waals surface area contributed by atoms with Crippen molar-refractivity contribution in [2.45, 2.75) is 24.8 Å². The fraction of sp³-hybridized carbons (Fsp3) is 0.261. The van der Waals surface area contributed by atoms with E-state index < -0.39 is 0 Å². The second-order valence-corrected chi connectivity index (χ2v) is 7.97. The maximum Gasteiger partial charge on any atom is 0.242 e. The monoisotopic (exact) mass is 408 g/mol. The average Bonchev–Trinajstić information content (AvgIpc) is 3.39. The predicted molar refractivity (Wildman–Crippen MR) is 115 cm³/mol. The van der Waals surface area contributed by atoms with Crippen LogP contribution < -0.4 is 9.64 Å². The van der Waals surface area contributed by atoms with E-state index in [-0.39, 0.29) is 5.91 Å². The second kappa shape index (κ2) is 9.20. The van der Waals surface area contributed by atoms with Crippen molar-refractivity contribution in [3.05, 3.63) is 78.3 Å². The Morgan fingerprint density at radius 3 is 2.72 bits per heavy atom. The Bertz CT molecular complexity index is 941. The van der Waals surface area contributed by atoms with E-state index in [1.54, 1.807) is 18.2 Å². The number of ether oxygens (including phenoxy) is 1. The van der Waals surface area contributed by atoms with Crippen LogP contribution in [0.1, 0.15) is 18.2 Å². The zero-order chi connectivity index (χ0) is 20.1. The van der Waals surface area contributed by atoms with E-state index in [0.29, 0.717) is 19.7 Å². The van der Waals surface area contributed by atoms with Crippen molar-refractivity contribution in [1.82, 2.24) is 4.31 Å². The summed E-state index contributed by atoms with van der Waals surface area (Å²) in [6.45, 7) is 4.19. The van der Waals surface area contributed by atoms with Crippen LogP contribution in [0.5, 0.6) is 5.75 Å². The molecule has 0 spiro atoms. The summed E-state index contributed by atoms with van der Waals surface area (Å²) in [5.41, 5.74) is 2.26. The molecule has 2 heterocycles. The molecule has 0 aliphatic carbocycles. The van der Waals surface area contributed by atoms with Gasteiger partial charge in [-0.05, 0) is 73.3 Å². The van der Waals surface area contributed by atoms with Crippen molar-refractivity contribution in [2.24, 2.45) is 0 Å². The smallest absolute Gasteiger partial charge is 0.242 e. The zero-order valence-corrected chi connectivity index (χ0v) is 17.2. The number of hydrogen-bond donors (Lipinski definition) is 0. The molecule has 0 atom stereocenters. The van der Waals surface area contributed by atoms with Crippen LogP contribution in [-0.2, 0) is 17.8 Å². The highest BCUT2D eigenvalue weighted by Crippen LogP contribution is 2.30.